The molecule has 0 fully saturated rings. The SMILES string of the molecule is CC(C)(CN)c1nc2ccc(C(=O)O)cc2[nH]1. The van der Waals surface area contributed by atoms with Crippen molar-refractivity contribution in [3.05, 3.63) is 29.6 Å². The topological polar surface area (TPSA) is 92.0 Å². The molecule has 17 heavy (non-hydrogen) atoms. The summed E-state index contributed by atoms with van der Waals surface area (Å²) < 4.78 is 0. The van der Waals surface area contributed by atoms with E-state index in [1.807, 2.05) is 13.8 Å². The number of rotatable bonds is 3. The number of nitrogens with two attached hydrogens (primary N) is 1. The van der Waals surface area contributed by atoms with E-state index in [-0.39, 0.29) is 11.0 Å². The van der Waals surface area contributed by atoms with E-state index >= 15 is 0 Å². The van der Waals surface area contributed by atoms with Crippen LogP contribution in [0.2, 0.25) is 0 Å². The molecule has 0 saturated carbocycles. The number of nitrogens with zero attached hydrogens (tertiary/aromatic N) is 1. The minimum absolute atomic E-state index is 0.248. The number of aromatic nitrogens is 2. The summed E-state index contributed by atoms with van der Waals surface area (Å²) in [6.45, 7) is 4.45. The van der Waals surface area contributed by atoms with Crippen molar-refractivity contribution in [3.8, 4) is 0 Å². The fourth-order valence-corrected chi connectivity index (χ4v) is 1.56. The van der Waals surface area contributed by atoms with E-state index in [1.165, 1.54) is 0 Å². The van der Waals surface area contributed by atoms with Crippen LogP contribution in [0.5, 0.6) is 0 Å². The van der Waals surface area contributed by atoms with Gasteiger partial charge in [0.2, 0.25) is 0 Å². The number of aromatic amines is 1. The number of carboxylic acid groups (broad SMARTS) is 1. The van der Waals surface area contributed by atoms with E-state index in [9.17, 15) is 4.79 Å². The van der Waals surface area contributed by atoms with Crippen molar-refractivity contribution >= 4 is 17.0 Å². The van der Waals surface area contributed by atoms with E-state index < -0.39 is 5.97 Å². The highest BCUT2D eigenvalue weighted by Crippen LogP contribution is 2.22. The molecule has 0 unspecified atom stereocenters. The van der Waals surface area contributed by atoms with E-state index in [2.05, 4.69) is 9.97 Å². The van der Waals surface area contributed by atoms with Gasteiger partial charge in [0.05, 0.1) is 16.6 Å². The highest BCUT2D eigenvalue weighted by Gasteiger charge is 2.22. The average molecular weight is 233 g/mol. The van der Waals surface area contributed by atoms with E-state index in [0.29, 0.717) is 6.54 Å². The van der Waals surface area contributed by atoms with Crippen molar-refractivity contribution in [2.24, 2.45) is 5.73 Å². The first-order valence-corrected chi connectivity index (χ1v) is 5.37. The monoisotopic (exact) mass is 233 g/mol. The number of fused-ring (bicyclic) bond motifs is 1. The van der Waals surface area contributed by atoms with Crippen molar-refractivity contribution in [2.75, 3.05) is 6.54 Å². The van der Waals surface area contributed by atoms with Crippen LogP contribution in [-0.2, 0) is 5.41 Å². The van der Waals surface area contributed by atoms with Crippen LogP contribution in [0.3, 0.4) is 0 Å². The molecule has 2 rings (SSSR count). The highest BCUT2D eigenvalue weighted by atomic mass is 16.4. The van der Waals surface area contributed by atoms with Crippen molar-refractivity contribution in [3.63, 3.8) is 0 Å². The maximum atomic E-state index is 10.9. The highest BCUT2D eigenvalue weighted by molar-refractivity contribution is 5.92. The van der Waals surface area contributed by atoms with Gasteiger partial charge in [-0.05, 0) is 18.2 Å². The van der Waals surface area contributed by atoms with Gasteiger partial charge in [-0.25, -0.2) is 9.78 Å². The number of imidazole rings is 1. The standard InChI is InChI=1S/C12H15N3O2/c1-12(2,6-13)11-14-8-4-3-7(10(16)17)5-9(8)15-11/h3-5H,6,13H2,1-2H3,(H,14,15)(H,16,17). The van der Waals surface area contributed by atoms with Crippen molar-refractivity contribution < 1.29 is 9.90 Å². The molecule has 90 valence electrons. The van der Waals surface area contributed by atoms with E-state index in [4.69, 9.17) is 10.8 Å². The summed E-state index contributed by atoms with van der Waals surface area (Å²) >= 11 is 0. The summed E-state index contributed by atoms with van der Waals surface area (Å²) in [5, 5.41) is 8.90. The fraction of sp³-hybridized carbons (Fsp3) is 0.333. The second-order valence-corrected chi connectivity index (χ2v) is 4.71. The molecule has 5 heteroatoms. The summed E-state index contributed by atoms with van der Waals surface area (Å²) in [7, 11) is 0. The summed E-state index contributed by atoms with van der Waals surface area (Å²) in [5.74, 6) is -0.168. The maximum Gasteiger partial charge on any atom is 0.335 e. The van der Waals surface area contributed by atoms with Gasteiger partial charge in [-0.15, -0.1) is 0 Å². The maximum absolute atomic E-state index is 10.9. The minimum atomic E-state index is -0.943. The Morgan fingerprint density at radius 2 is 2.24 bits per heavy atom. The largest absolute Gasteiger partial charge is 0.478 e. The third-order valence-corrected chi connectivity index (χ3v) is 2.88. The van der Waals surface area contributed by atoms with Crippen LogP contribution in [0.4, 0.5) is 0 Å². The number of carbonyl (C=O) groups is 1. The van der Waals surface area contributed by atoms with Crippen molar-refractivity contribution in [1.29, 1.82) is 0 Å². The van der Waals surface area contributed by atoms with Crippen LogP contribution in [0.1, 0.15) is 30.0 Å². The van der Waals surface area contributed by atoms with Gasteiger partial charge in [-0.3, -0.25) is 0 Å². The molecule has 0 radical (unpaired) electrons. The lowest BCUT2D eigenvalue weighted by molar-refractivity contribution is 0.0697. The number of benzene rings is 1. The van der Waals surface area contributed by atoms with Gasteiger partial charge >= 0.3 is 5.97 Å². The molecule has 0 aliphatic heterocycles. The van der Waals surface area contributed by atoms with Gasteiger partial charge in [-0.1, -0.05) is 13.8 Å². The molecule has 0 aliphatic rings. The van der Waals surface area contributed by atoms with Gasteiger partial charge in [0.15, 0.2) is 0 Å². The Bertz CT molecular complexity index is 572. The molecule has 1 aromatic heterocycles. The first kappa shape index (κ1) is 11.6. The van der Waals surface area contributed by atoms with Crippen molar-refractivity contribution in [1.82, 2.24) is 9.97 Å². The van der Waals surface area contributed by atoms with Crippen LogP contribution >= 0.6 is 0 Å². The Morgan fingerprint density at radius 3 is 2.82 bits per heavy atom. The third kappa shape index (κ3) is 2.01. The summed E-state index contributed by atoms with van der Waals surface area (Å²) in [5.41, 5.74) is 7.16. The minimum Gasteiger partial charge on any atom is -0.478 e. The van der Waals surface area contributed by atoms with Crippen LogP contribution in [0.15, 0.2) is 18.2 Å². The molecule has 0 bridgehead atoms. The number of nitrogens with one attached hydrogen (secondary N) is 1. The Labute approximate surface area is 98.7 Å². The zero-order valence-corrected chi connectivity index (χ0v) is 9.82. The van der Waals surface area contributed by atoms with Gasteiger partial charge in [0.1, 0.15) is 5.82 Å². The number of carboxylic acids is 1. The van der Waals surface area contributed by atoms with Crippen LogP contribution < -0.4 is 5.73 Å². The second-order valence-electron chi connectivity index (χ2n) is 4.71. The Morgan fingerprint density at radius 1 is 1.53 bits per heavy atom. The lowest BCUT2D eigenvalue weighted by Gasteiger charge is -2.18. The lowest BCUT2D eigenvalue weighted by Crippen LogP contribution is -2.29. The molecule has 0 saturated heterocycles. The molecule has 0 amide bonds. The average Bonchev–Trinajstić information content (AvgIpc) is 2.72. The Kier molecular flexibility index (Phi) is 2.63. The zero-order valence-electron chi connectivity index (χ0n) is 9.82. The first-order chi connectivity index (χ1) is 7.94. The van der Waals surface area contributed by atoms with Gasteiger partial charge in [-0.2, -0.15) is 0 Å². The first-order valence-electron chi connectivity index (χ1n) is 5.37. The van der Waals surface area contributed by atoms with Crippen LogP contribution in [-0.4, -0.2) is 27.6 Å². The molecule has 4 N–H and O–H groups in total. The predicted octanol–water partition coefficient (Wildman–Crippen LogP) is 1.50. The molecule has 2 aromatic rings. The summed E-state index contributed by atoms with van der Waals surface area (Å²) in [6.07, 6.45) is 0. The molecule has 0 spiro atoms. The third-order valence-electron chi connectivity index (χ3n) is 2.88. The molecular weight excluding hydrogens is 218 g/mol. The predicted molar refractivity (Wildman–Crippen MR) is 65.1 cm³/mol. The summed E-state index contributed by atoms with van der Waals surface area (Å²) in [4.78, 5) is 18.4. The molecule has 5 nitrogen and oxygen atoms in total. The second kappa shape index (κ2) is 3.85. The van der Waals surface area contributed by atoms with Gasteiger partial charge in [0, 0.05) is 12.0 Å². The lowest BCUT2D eigenvalue weighted by atomic mass is 9.93. The molecule has 0 atom stereocenters. The van der Waals surface area contributed by atoms with E-state index in [1.54, 1.807) is 18.2 Å². The van der Waals surface area contributed by atoms with Crippen LogP contribution in [0, 0.1) is 0 Å². The number of H-pyrrole nitrogens is 1. The fourth-order valence-electron chi connectivity index (χ4n) is 1.56. The van der Waals surface area contributed by atoms with Gasteiger partial charge in [0.25, 0.3) is 0 Å². The molecular formula is C12H15N3O2. The van der Waals surface area contributed by atoms with Crippen LogP contribution in [0.25, 0.3) is 11.0 Å². The molecule has 0 aliphatic carbocycles. The molecule has 1 heterocycles. The Balaban J connectivity index is 2.54. The van der Waals surface area contributed by atoms with Crippen molar-refractivity contribution in [2.45, 2.75) is 19.3 Å². The number of hydrogen-bond acceptors (Lipinski definition) is 3. The smallest absolute Gasteiger partial charge is 0.335 e. The van der Waals surface area contributed by atoms with E-state index in [0.717, 1.165) is 16.9 Å². The number of hydrogen-bond donors (Lipinski definition) is 3. The quantitative estimate of drug-likeness (QED) is 0.749. The summed E-state index contributed by atoms with van der Waals surface area (Å²) in [6, 6.07) is 4.83. The Hall–Kier alpha value is -1.88. The molecule has 1 aromatic carbocycles. The number of aromatic carboxylic acids is 1. The zero-order chi connectivity index (χ0) is 12.6. The van der Waals surface area contributed by atoms with Gasteiger partial charge < -0.3 is 15.8 Å². The normalized spacial score (nSPS) is 11.9.